The van der Waals surface area contributed by atoms with Gasteiger partial charge in [0, 0.05) is 13.0 Å². The van der Waals surface area contributed by atoms with E-state index in [1.54, 1.807) is 0 Å². The summed E-state index contributed by atoms with van der Waals surface area (Å²) < 4.78 is 10.9. The molecule has 1 fully saturated rings. The third kappa shape index (κ3) is 6.66. The van der Waals surface area contributed by atoms with Gasteiger partial charge in [-0.2, -0.15) is 0 Å². The van der Waals surface area contributed by atoms with Gasteiger partial charge in [-0.1, -0.05) is 37.3 Å². The molecule has 0 bridgehead atoms. The average molecular weight is 222 g/mol. The number of unbranched alkanes of at least 4 members (excludes halogenated alkanes) is 1. The molecule has 1 atom stereocenters. The summed E-state index contributed by atoms with van der Waals surface area (Å²) in [7, 11) is 0. The van der Waals surface area contributed by atoms with Gasteiger partial charge in [0.25, 0.3) is 0 Å². The highest BCUT2D eigenvalue weighted by Crippen LogP contribution is 2.12. The van der Waals surface area contributed by atoms with Crippen molar-refractivity contribution in [2.45, 2.75) is 51.7 Å². The van der Waals surface area contributed by atoms with Crippen molar-refractivity contribution in [1.29, 1.82) is 0 Å². The summed E-state index contributed by atoms with van der Waals surface area (Å²) in [5.74, 6) is 6.07. The first kappa shape index (κ1) is 13.3. The van der Waals surface area contributed by atoms with Gasteiger partial charge in [0.1, 0.15) is 6.61 Å². The quantitative estimate of drug-likeness (QED) is 0.525. The smallest absolute Gasteiger partial charge is 0.158 e. The maximum absolute atomic E-state index is 5.49. The van der Waals surface area contributed by atoms with Gasteiger partial charge < -0.3 is 9.47 Å². The van der Waals surface area contributed by atoms with Crippen molar-refractivity contribution in [3.05, 3.63) is 12.2 Å². The number of hydrogen-bond donors (Lipinski definition) is 0. The summed E-state index contributed by atoms with van der Waals surface area (Å²) in [6.45, 7) is 3.50. The zero-order valence-electron chi connectivity index (χ0n) is 10.2. The monoisotopic (exact) mass is 222 g/mol. The molecule has 2 nitrogen and oxygen atoms in total. The first-order valence-electron chi connectivity index (χ1n) is 6.27. The zero-order valence-corrected chi connectivity index (χ0v) is 10.2. The fourth-order valence-corrected chi connectivity index (χ4v) is 1.53. The standard InChI is InChI=1S/C14H22O2/c1-2-3-4-5-6-7-9-12-15-14-11-8-10-13-16-14/h4-5,14H,2-3,6,8,10-13H2,1H3/b5-4+. The average Bonchev–Trinajstić information content (AvgIpc) is 2.34. The third-order valence-corrected chi connectivity index (χ3v) is 2.45. The molecule has 0 amide bonds. The molecule has 90 valence electrons. The SMILES string of the molecule is CCC/C=C/CC#CCOC1CCCCO1. The Balaban J connectivity index is 1.99. The maximum atomic E-state index is 5.49. The molecule has 0 aromatic rings. The third-order valence-electron chi connectivity index (χ3n) is 2.45. The summed E-state index contributed by atoms with van der Waals surface area (Å²) in [5, 5.41) is 0. The summed E-state index contributed by atoms with van der Waals surface area (Å²) >= 11 is 0. The summed E-state index contributed by atoms with van der Waals surface area (Å²) in [6.07, 6.45) is 10.8. The number of allylic oxidation sites excluding steroid dienone is 2. The highest BCUT2D eigenvalue weighted by molar-refractivity contribution is 5.04. The Morgan fingerprint density at radius 3 is 3.00 bits per heavy atom. The van der Waals surface area contributed by atoms with Crippen LogP contribution in [0.25, 0.3) is 0 Å². The van der Waals surface area contributed by atoms with E-state index in [4.69, 9.17) is 9.47 Å². The molecule has 1 rings (SSSR count). The molecule has 0 aliphatic carbocycles. The van der Waals surface area contributed by atoms with E-state index in [1.807, 2.05) is 0 Å². The van der Waals surface area contributed by atoms with Crippen LogP contribution in [-0.4, -0.2) is 19.5 Å². The lowest BCUT2D eigenvalue weighted by Crippen LogP contribution is -2.22. The van der Waals surface area contributed by atoms with Crippen molar-refractivity contribution >= 4 is 0 Å². The highest BCUT2D eigenvalue weighted by atomic mass is 16.7. The fourth-order valence-electron chi connectivity index (χ4n) is 1.53. The van der Waals surface area contributed by atoms with Crippen LogP contribution < -0.4 is 0 Å². The minimum atomic E-state index is -0.0151. The van der Waals surface area contributed by atoms with Crippen LogP contribution in [0, 0.1) is 11.8 Å². The predicted molar refractivity (Wildman–Crippen MR) is 66.0 cm³/mol. The molecule has 0 aromatic carbocycles. The van der Waals surface area contributed by atoms with Gasteiger partial charge in [0.2, 0.25) is 0 Å². The van der Waals surface area contributed by atoms with Crippen molar-refractivity contribution < 1.29 is 9.47 Å². The maximum Gasteiger partial charge on any atom is 0.158 e. The number of ether oxygens (including phenoxy) is 2. The highest BCUT2D eigenvalue weighted by Gasteiger charge is 2.12. The molecular formula is C14H22O2. The first-order chi connectivity index (χ1) is 7.93. The molecule has 1 aliphatic heterocycles. The van der Waals surface area contributed by atoms with Crippen LogP contribution in [0.3, 0.4) is 0 Å². The van der Waals surface area contributed by atoms with E-state index in [0.717, 1.165) is 32.3 Å². The first-order valence-corrected chi connectivity index (χ1v) is 6.27. The van der Waals surface area contributed by atoms with E-state index < -0.39 is 0 Å². The van der Waals surface area contributed by atoms with Crippen molar-refractivity contribution in [2.24, 2.45) is 0 Å². The Labute approximate surface area is 99.0 Å². The molecule has 0 saturated carbocycles. The lowest BCUT2D eigenvalue weighted by Gasteiger charge is -2.21. The van der Waals surface area contributed by atoms with Gasteiger partial charge in [-0.05, 0) is 25.7 Å². The number of rotatable bonds is 5. The van der Waals surface area contributed by atoms with Crippen molar-refractivity contribution in [2.75, 3.05) is 13.2 Å². The molecule has 0 spiro atoms. The molecule has 1 saturated heterocycles. The second-order valence-corrected chi connectivity index (χ2v) is 3.92. The molecule has 16 heavy (non-hydrogen) atoms. The zero-order chi connectivity index (χ0) is 11.5. The molecule has 0 radical (unpaired) electrons. The van der Waals surface area contributed by atoms with E-state index in [0.29, 0.717) is 6.61 Å². The summed E-state index contributed by atoms with van der Waals surface area (Å²) in [5.41, 5.74) is 0. The molecule has 1 unspecified atom stereocenters. The summed E-state index contributed by atoms with van der Waals surface area (Å²) in [4.78, 5) is 0. The summed E-state index contributed by atoms with van der Waals surface area (Å²) in [6, 6.07) is 0. The van der Waals surface area contributed by atoms with Crippen molar-refractivity contribution in [3.8, 4) is 11.8 Å². The molecule has 1 aliphatic rings. The van der Waals surface area contributed by atoms with Crippen LogP contribution in [0.5, 0.6) is 0 Å². The van der Waals surface area contributed by atoms with Crippen LogP contribution in [0.4, 0.5) is 0 Å². The molecule has 0 aromatic heterocycles. The molecule has 1 heterocycles. The predicted octanol–water partition coefficient (Wildman–Crippen LogP) is 3.28. The fraction of sp³-hybridized carbons (Fsp3) is 0.714. The van der Waals surface area contributed by atoms with Crippen molar-refractivity contribution in [3.63, 3.8) is 0 Å². The Bertz CT molecular complexity index is 241. The van der Waals surface area contributed by atoms with Gasteiger partial charge in [0.05, 0.1) is 0 Å². The Kier molecular flexibility index (Phi) is 7.84. The van der Waals surface area contributed by atoms with Gasteiger partial charge in [-0.15, -0.1) is 0 Å². The van der Waals surface area contributed by atoms with Crippen LogP contribution in [0.2, 0.25) is 0 Å². The van der Waals surface area contributed by atoms with Crippen LogP contribution in [0.15, 0.2) is 12.2 Å². The van der Waals surface area contributed by atoms with Crippen LogP contribution >= 0.6 is 0 Å². The van der Waals surface area contributed by atoms with E-state index in [9.17, 15) is 0 Å². The minimum absolute atomic E-state index is 0.0151. The Morgan fingerprint density at radius 2 is 2.25 bits per heavy atom. The van der Waals surface area contributed by atoms with E-state index in [1.165, 1.54) is 12.8 Å². The van der Waals surface area contributed by atoms with Gasteiger partial charge >= 0.3 is 0 Å². The lowest BCUT2D eigenvalue weighted by molar-refractivity contribution is -0.154. The van der Waals surface area contributed by atoms with Gasteiger partial charge in [-0.25, -0.2) is 0 Å². The minimum Gasteiger partial charge on any atom is -0.353 e. The van der Waals surface area contributed by atoms with E-state index in [-0.39, 0.29) is 6.29 Å². The molecular weight excluding hydrogens is 200 g/mol. The Hall–Kier alpha value is -0.780. The molecule has 0 N–H and O–H groups in total. The topological polar surface area (TPSA) is 18.5 Å². The van der Waals surface area contributed by atoms with Crippen molar-refractivity contribution in [1.82, 2.24) is 0 Å². The van der Waals surface area contributed by atoms with Gasteiger partial charge in [-0.3, -0.25) is 0 Å². The lowest BCUT2D eigenvalue weighted by atomic mass is 10.2. The second-order valence-electron chi connectivity index (χ2n) is 3.92. The normalized spacial score (nSPS) is 20.7. The Morgan fingerprint density at radius 1 is 1.31 bits per heavy atom. The largest absolute Gasteiger partial charge is 0.353 e. The van der Waals surface area contributed by atoms with Crippen LogP contribution in [-0.2, 0) is 9.47 Å². The number of hydrogen-bond acceptors (Lipinski definition) is 2. The van der Waals surface area contributed by atoms with E-state index >= 15 is 0 Å². The van der Waals surface area contributed by atoms with Gasteiger partial charge in [0.15, 0.2) is 6.29 Å². The second kappa shape index (κ2) is 9.45. The molecule has 2 heteroatoms. The van der Waals surface area contributed by atoms with Crippen LogP contribution in [0.1, 0.15) is 45.4 Å². The van der Waals surface area contributed by atoms with E-state index in [2.05, 4.69) is 30.9 Å².